The molecule has 0 N–H and O–H groups in total. The van der Waals surface area contributed by atoms with Crippen molar-refractivity contribution in [3.05, 3.63) is 265 Å². The largest absolute Gasteiger partial charge is 0.310 e. The van der Waals surface area contributed by atoms with Crippen LogP contribution in [0.25, 0.3) is 72.0 Å². The number of fused-ring (bicyclic) bond motifs is 13. The van der Waals surface area contributed by atoms with Crippen LogP contribution in [0.2, 0.25) is 0 Å². The number of hydrogen-bond donors (Lipinski definition) is 0. The second-order valence-electron chi connectivity index (χ2n) is 16.8. The monoisotopic (exact) mass is 800 g/mol. The fraction of sp³-hybridized carbons (Fsp3) is 0.0164. The lowest BCUT2D eigenvalue weighted by Crippen LogP contribution is -2.26. The maximum atomic E-state index is 2.50. The van der Waals surface area contributed by atoms with Gasteiger partial charge in [-0.15, -0.1) is 0 Å². The van der Waals surface area contributed by atoms with E-state index in [4.69, 9.17) is 0 Å². The van der Waals surface area contributed by atoms with E-state index in [0.29, 0.717) is 0 Å². The Labute approximate surface area is 367 Å². The summed E-state index contributed by atoms with van der Waals surface area (Å²) in [5.41, 5.74) is 21.6. The van der Waals surface area contributed by atoms with Crippen molar-refractivity contribution in [3.63, 3.8) is 0 Å². The van der Waals surface area contributed by atoms with Crippen LogP contribution in [0.1, 0.15) is 22.3 Å². The van der Waals surface area contributed by atoms with Crippen LogP contribution in [0.4, 0.5) is 17.1 Å². The molecule has 0 fully saturated rings. The van der Waals surface area contributed by atoms with Crippen LogP contribution < -0.4 is 4.90 Å². The van der Waals surface area contributed by atoms with Crippen molar-refractivity contribution in [2.24, 2.45) is 0 Å². The summed E-state index contributed by atoms with van der Waals surface area (Å²) in [5, 5.41) is 2.45. The molecule has 11 aromatic rings. The topological polar surface area (TPSA) is 8.17 Å². The molecule has 63 heavy (non-hydrogen) atoms. The lowest BCUT2D eigenvalue weighted by molar-refractivity contribution is 0.794. The highest BCUT2D eigenvalue weighted by molar-refractivity contribution is 6.11. The molecule has 0 aliphatic heterocycles. The molecule has 0 saturated heterocycles. The molecule has 0 amide bonds. The third kappa shape index (κ3) is 5.25. The zero-order valence-electron chi connectivity index (χ0n) is 34.5. The number of nitrogens with zero attached hydrogens (tertiary/aromatic N) is 2. The van der Waals surface area contributed by atoms with Crippen molar-refractivity contribution in [2.45, 2.75) is 5.41 Å². The van der Waals surface area contributed by atoms with Crippen molar-refractivity contribution < 1.29 is 0 Å². The molecule has 2 aliphatic rings. The standard InChI is InChI=1S/C61H40N2/c1-5-17-41(18-6-1)43-29-33-50-51-34-30-44(42-19-7-2-8-20-42)38-57(51)61(56(50)37-43)55-27-15-13-25-49(55)52-35-31-48(40-58(52)61)62(45-21-9-3-10-22-45)47-32-36-60-54(39-47)53-26-14-16-28-59(53)63(60)46-23-11-4-12-24-46/h1-40H. The minimum atomic E-state index is -0.558. The maximum absolute atomic E-state index is 2.50. The third-order valence-electron chi connectivity index (χ3n) is 13.6. The molecule has 13 rings (SSSR count). The van der Waals surface area contributed by atoms with Gasteiger partial charge in [0.05, 0.1) is 16.4 Å². The minimum Gasteiger partial charge on any atom is -0.310 e. The number of aromatic nitrogens is 1. The van der Waals surface area contributed by atoms with Crippen LogP contribution in [0, 0.1) is 0 Å². The second kappa shape index (κ2) is 13.9. The van der Waals surface area contributed by atoms with E-state index in [9.17, 15) is 0 Å². The first-order valence-corrected chi connectivity index (χ1v) is 21.8. The lowest BCUT2D eigenvalue weighted by Gasteiger charge is -2.32. The van der Waals surface area contributed by atoms with E-state index in [1.807, 2.05) is 0 Å². The van der Waals surface area contributed by atoms with Crippen molar-refractivity contribution in [1.29, 1.82) is 0 Å². The summed E-state index contributed by atoms with van der Waals surface area (Å²) in [4.78, 5) is 2.45. The van der Waals surface area contributed by atoms with Gasteiger partial charge in [0.25, 0.3) is 0 Å². The van der Waals surface area contributed by atoms with E-state index in [1.54, 1.807) is 0 Å². The zero-order valence-corrected chi connectivity index (χ0v) is 34.5. The Morgan fingerprint density at radius 2 is 0.762 bits per heavy atom. The van der Waals surface area contributed by atoms with Gasteiger partial charge in [-0.3, -0.25) is 0 Å². The Bertz CT molecular complexity index is 3460. The quantitative estimate of drug-likeness (QED) is 0.163. The molecule has 2 heteroatoms. The summed E-state index contributed by atoms with van der Waals surface area (Å²) in [6, 6.07) is 89.7. The second-order valence-corrected chi connectivity index (χ2v) is 16.8. The van der Waals surface area contributed by atoms with E-state index in [-0.39, 0.29) is 0 Å². The summed E-state index contributed by atoms with van der Waals surface area (Å²) in [5.74, 6) is 0. The summed E-state index contributed by atoms with van der Waals surface area (Å²) < 4.78 is 2.39. The zero-order chi connectivity index (χ0) is 41.5. The van der Waals surface area contributed by atoms with Crippen molar-refractivity contribution >= 4 is 38.9 Å². The van der Waals surface area contributed by atoms with E-state index in [0.717, 1.165) is 22.7 Å². The fourth-order valence-corrected chi connectivity index (χ4v) is 10.9. The maximum Gasteiger partial charge on any atom is 0.0726 e. The first kappa shape index (κ1) is 35.5. The highest BCUT2D eigenvalue weighted by Gasteiger charge is 2.52. The van der Waals surface area contributed by atoms with Crippen LogP contribution in [0.15, 0.2) is 243 Å². The van der Waals surface area contributed by atoms with Crippen LogP contribution >= 0.6 is 0 Å². The number of rotatable bonds is 6. The summed E-state index contributed by atoms with van der Waals surface area (Å²) in [6.07, 6.45) is 0. The van der Waals surface area contributed by atoms with Gasteiger partial charge in [-0.25, -0.2) is 0 Å². The summed E-state index contributed by atoms with van der Waals surface area (Å²) >= 11 is 0. The molecule has 2 aliphatic carbocycles. The highest BCUT2D eigenvalue weighted by Crippen LogP contribution is 2.64. The number of para-hydroxylation sites is 3. The lowest BCUT2D eigenvalue weighted by atomic mass is 9.69. The predicted octanol–water partition coefficient (Wildman–Crippen LogP) is 15.9. The molecule has 0 radical (unpaired) electrons. The molecular weight excluding hydrogens is 761 g/mol. The smallest absolute Gasteiger partial charge is 0.0726 e. The Hall–Kier alpha value is -8.20. The fourth-order valence-electron chi connectivity index (χ4n) is 10.9. The first-order chi connectivity index (χ1) is 31.3. The minimum absolute atomic E-state index is 0.558. The average Bonchev–Trinajstić information content (AvgIpc) is 3.96. The summed E-state index contributed by atoms with van der Waals surface area (Å²) in [7, 11) is 0. The van der Waals surface area contributed by atoms with Gasteiger partial charge in [-0.2, -0.15) is 0 Å². The van der Waals surface area contributed by atoms with Gasteiger partial charge in [-0.1, -0.05) is 170 Å². The highest BCUT2D eigenvalue weighted by atomic mass is 15.1. The van der Waals surface area contributed by atoms with Gasteiger partial charge in [0, 0.05) is 33.5 Å². The van der Waals surface area contributed by atoms with Gasteiger partial charge < -0.3 is 9.47 Å². The van der Waals surface area contributed by atoms with Crippen LogP contribution in [-0.2, 0) is 5.41 Å². The summed E-state index contributed by atoms with van der Waals surface area (Å²) in [6.45, 7) is 0. The molecule has 10 aromatic carbocycles. The Morgan fingerprint density at radius 1 is 0.286 bits per heavy atom. The van der Waals surface area contributed by atoms with Gasteiger partial charge in [0.1, 0.15) is 0 Å². The Morgan fingerprint density at radius 3 is 1.43 bits per heavy atom. The van der Waals surface area contributed by atoms with Crippen LogP contribution in [-0.4, -0.2) is 4.57 Å². The normalized spacial score (nSPS) is 12.9. The van der Waals surface area contributed by atoms with Gasteiger partial charge in [0.2, 0.25) is 0 Å². The van der Waals surface area contributed by atoms with Crippen LogP contribution in [0.3, 0.4) is 0 Å². The van der Waals surface area contributed by atoms with Crippen LogP contribution in [0.5, 0.6) is 0 Å². The molecule has 0 unspecified atom stereocenters. The molecular formula is C61H40N2. The first-order valence-electron chi connectivity index (χ1n) is 21.8. The predicted molar refractivity (Wildman–Crippen MR) is 263 cm³/mol. The number of benzene rings is 10. The molecule has 1 heterocycles. The van der Waals surface area contributed by atoms with Crippen molar-refractivity contribution in [1.82, 2.24) is 4.57 Å². The number of anilines is 3. The van der Waals surface area contributed by atoms with Gasteiger partial charge in [0.15, 0.2) is 0 Å². The molecule has 2 nitrogen and oxygen atoms in total. The molecule has 294 valence electrons. The molecule has 0 saturated carbocycles. The molecule has 1 aromatic heterocycles. The van der Waals surface area contributed by atoms with Crippen molar-refractivity contribution in [2.75, 3.05) is 4.90 Å². The molecule has 0 atom stereocenters. The molecule has 0 bridgehead atoms. The third-order valence-corrected chi connectivity index (χ3v) is 13.6. The Balaban J connectivity index is 1.08. The van der Waals surface area contributed by atoms with Gasteiger partial charge in [-0.05, 0) is 140 Å². The van der Waals surface area contributed by atoms with E-state index in [1.165, 1.54) is 88.6 Å². The SMILES string of the molecule is c1ccc(-c2ccc3c(c2)C2(c4ccccc4-c4ccc(N(c5ccccc5)c5ccc6c(c5)c5ccccc5n6-c5ccccc5)cc42)c2cc(-c4ccccc4)ccc2-3)cc1. The van der Waals surface area contributed by atoms with Gasteiger partial charge >= 0.3 is 0 Å². The number of hydrogen-bond acceptors (Lipinski definition) is 1. The molecule has 1 spiro atoms. The van der Waals surface area contributed by atoms with E-state index < -0.39 is 5.41 Å². The van der Waals surface area contributed by atoms with E-state index in [2.05, 4.69) is 252 Å². The van der Waals surface area contributed by atoms with Crippen molar-refractivity contribution in [3.8, 4) is 50.2 Å². The Kier molecular flexibility index (Phi) is 7.85. The van der Waals surface area contributed by atoms with E-state index >= 15 is 0 Å². The average molecular weight is 801 g/mol.